The molecule has 0 saturated carbocycles. The minimum absolute atomic E-state index is 0.397. The van der Waals surface area contributed by atoms with E-state index >= 15 is 0 Å². The van der Waals surface area contributed by atoms with E-state index in [9.17, 15) is 14.7 Å². The molecule has 1 heterocycles. The number of esters is 2. The average Bonchev–Trinajstić information content (AvgIpc) is 2.93. The van der Waals surface area contributed by atoms with Crippen LogP contribution in [0.1, 0.15) is 111 Å². The third-order valence-electron chi connectivity index (χ3n) is 5.33. The second-order valence-corrected chi connectivity index (χ2v) is 7.86. The second-order valence-electron chi connectivity index (χ2n) is 7.86. The van der Waals surface area contributed by atoms with E-state index in [1.54, 1.807) is 0 Å². The maximum Gasteiger partial charge on any atom is 0.336 e. The van der Waals surface area contributed by atoms with Gasteiger partial charge in [0.1, 0.15) is 6.10 Å². The Bertz CT molecular complexity index is 497. The summed E-state index contributed by atoms with van der Waals surface area (Å²) in [6.07, 6.45) is 13.4. The monoisotopic (exact) mass is 396 g/mol. The lowest BCUT2D eigenvalue weighted by atomic mass is 9.95. The van der Waals surface area contributed by atoms with E-state index in [1.807, 2.05) is 6.92 Å². The molecule has 1 aliphatic heterocycles. The highest BCUT2D eigenvalue weighted by Gasteiger charge is 2.37. The third-order valence-corrected chi connectivity index (χ3v) is 5.33. The normalized spacial score (nSPS) is 17.7. The van der Waals surface area contributed by atoms with Gasteiger partial charge in [-0.3, -0.25) is 4.79 Å². The van der Waals surface area contributed by atoms with Crippen molar-refractivity contribution in [1.82, 2.24) is 0 Å². The van der Waals surface area contributed by atoms with Crippen molar-refractivity contribution < 1.29 is 24.2 Å². The predicted octanol–water partition coefficient (Wildman–Crippen LogP) is 5.59. The fraction of sp³-hybridized carbons (Fsp3) is 0.826. The number of cyclic esters (lactones) is 1. The van der Waals surface area contributed by atoms with Crippen LogP contribution in [-0.2, 0) is 19.1 Å². The Kier molecular flexibility index (Phi) is 12.9. The number of unbranched alkanes of at least 4 members (excludes halogenated alkanes) is 10. The molecule has 0 fully saturated rings. The third kappa shape index (κ3) is 9.22. The van der Waals surface area contributed by atoms with E-state index in [1.165, 1.54) is 58.3 Å². The number of carbonyl (C=O) groups is 2. The van der Waals surface area contributed by atoms with Gasteiger partial charge in [0.2, 0.25) is 6.29 Å². The first kappa shape index (κ1) is 24.7. The molecule has 0 aliphatic carbocycles. The summed E-state index contributed by atoms with van der Waals surface area (Å²) in [5, 5.41) is 10.2. The largest absolute Gasteiger partial charge is 0.458 e. The molecule has 28 heavy (non-hydrogen) atoms. The van der Waals surface area contributed by atoms with Crippen LogP contribution >= 0.6 is 0 Å². The topological polar surface area (TPSA) is 72.8 Å². The van der Waals surface area contributed by atoms with Crippen molar-refractivity contribution >= 4 is 11.9 Å². The number of carbonyl (C=O) groups excluding carboxylic acids is 2. The van der Waals surface area contributed by atoms with Gasteiger partial charge in [-0.2, -0.15) is 0 Å². The molecule has 0 amide bonds. The van der Waals surface area contributed by atoms with Gasteiger partial charge in [-0.15, -0.1) is 0 Å². The van der Waals surface area contributed by atoms with Gasteiger partial charge in [-0.1, -0.05) is 78.1 Å². The molecule has 1 N–H and O–H groups in total. The number of aliphatic hydroxyl groups is 1. The smallest absolute Gasteiger partial charge is 0.336 e. The lowest BCUT2D eigenvalue weighted by molar-refractivity contribution is -0.154. The standard InChI is InChI=1S/C23H40O5/c1-4-6-8-9-10-11-12-13-14-15-17-20(27-18(3)24)21-19(16-7-5-2)22(25)28-23(21)26/h20,23,26H,4-17H2,1-3H3. The van der Waals surface area contributed by atoms with Gasteiger partial charge >= 0.3 is 11.9 Å². The fourth-order valence-corrected chi connectivity index (χ4v) is 3.75. The first-order valence-corrected chi connectivity index (χ1v) is 11.3. The van der Waals surface area contributed by atoms with Gasteiger partial charge in [-0.25, -0.2) is 4.79 Å². The van der Waals surface area contributed by atoms with Crippen molar-refractivity contribution in [2.45, 2.75) is 123 Å². The second kappa shape index (κ2) is 14.6. The zero-order chi connectivity index (χ0) is 20.8. The minimum Gasteiger partial charge on any atom is -0.458 e. The Hall–Kier alpha value is -1.36. The molecule has 1 aliphatic rings. The van der Waals surface area contributed by atoms with Crippen molar-refractivity contribution in [1.29, 1.82) is 0 Å². The van der Waals surface area contributed by atoms with E-state index in [2.05, 4.69) is 6.92 Å². The van der Waals surface area contributed by atoms with E-state index in [4.69, 9.17) is 9.47 Å². The molecule has 0 aromatic rings. The van der Waals surface area contributed by atoms with Crippen LogP contribution in [0.2, 0.25) is 0 Å². The first-order valence-electron chi connectivity index (χ1n) is 11.3. The molecule has 2 atom stereocenters. The summed E-state index contributed by atoms with van der Waals surface area (Å²) in [7, 11) is 0. The lowest BCUT2D eigenvalue weighted by Crippen LogP contribution is -2.26. The number of hydrogen-bond acceptors (Lipinski definition) is 5. The van der Waals surface area contributed by atoms with E-state index in [0.717, 1.165) is 25.7 Å². The molecule has 0 aromatic heterocycles. The molecular weight excluding hydrogens is 356 g/mol. The maximum atomic E-state index is 12.1. The zero-order valence-electron chi connectivity index (χ0n) is 18.1. The van der Waals surface area contributed by atoms with Gasteiger partial charge in [-0.05, 0) is 25.7 Å². The summed E-state index contributed by atoms with van der Waals surface area (Å²) in [6, 6.07) is 0. The first-order chi connectivity index (χ1) is 13.5. The lowest BCUT2D eigenvalue weighted by Gasteiger charge is -2.20. The maximum absolute atomic E-state index is 12.1. The molecule has 2 unspecified atom stereocenters. The van der Waals surface area contributed by atoms with Crippen molar-refractivity contribution in [3.63, 3.8) is 0 Å². The summed E-state index contributed by atoms with van der Waals surface area (Å²) in [5.74, 6) is -0.873. The Morgan fingerprint density at radius 3 is 2.04 bits per heavy atom. The van der Waals surface area contributed by atoms with E-state index < -0.39 is 24.3 Å². The predicted molar refractivity (Wildman–Crippen MR) is 111 cm³/mol. The number of ether oxygens (including phenoxy) is 2. The summed E-state index contributed by atoms with van der Waals surface area (Å²) < 4.78 is 10.5. The van der Waals surface area contributed by atoms with Crippen LogP contribution in [0.3, 0.4) is 0 Å². The van der Waals surface area contributed by atoms with Crippen molar-refractivity contribution in [2.75, 3.05) is 0 Å². The molecule has 5 nitrogen and oxygen atoms in total. The van der Waals surface area contributed by atoms with Crippen LogP contribution in [0.4, 0.5) is 0 Å². The van der Waals surface area contributed by atoms with Crippen LogP contribution in [0.25, 0.3) is 0 Å². The summed E-state index contributed by atoms with van der Waals surface area (Å²) >= 11 is 0. The Labute approximate surface area is 170 Å². The van der Waals surface area contributed by atoms with Crippen LogP contribution in [0.15, 0.2) is 11.1 Å². The quantitative estimate of drug-likeness (QED) is 0.272. The van der Waals surface area contributed by atoms with E-state index in [0.29, 0.717) is 24.0 Å². The molecule has 5 heteroatoms. The molecule has 0 spiro atoms. The molecule has 0 aromatic carbocycles. The van der Waals surface area contributed by atoms with Gasteiger partial charge in [0.05, 0.1) is 0 Å². The van der Waals surface area contributed by atoms with Crippen molar-refractivity contribution in [3.05, 3.63) is 11.1 Å². The summed E-state index contributed by atoms with van der Waals surface area (Å²) in [4.78, 5) is 23.6. The van der Waals surface area contributed by atoms with Gasteiger partial charge < -0.3 is 14.6 Å². The zero-order valence-corrected chi connectivity index (χ0v) is 18.1. The Morgan fingerprint density at radius 1 is 0.964 bits per heavy atom. The molecule has 0 radical (unpaired) electrons. The highest BCUT2D eigenvalue weighted by molar-refractivity contribution is 5.92. The Balaban J connectivity index is 2.46. The average molecular weight is 397 g/mol. The number of rotatable bonds is 16. The Morgan fingerprint density at radius 2 is 1.50 bits per heavy atom. The van der Waals surface area contributed by atoms with Crippen LogP contribution < -0.4 is 0 Å². The number of hydrogen-bond donors (Lipinski definition) is 1. The van der Waals surface area contributed by atoms with Crippen LogP contribution in [0, 0.1) is 0 Å². The van der Waals surface area contributed by atoms with Crippen LogP contribution in [-0.4, -0.2) is 29.4 Å². The summed E-state index contributed by atoms with van der Waals surface area (Å²) in [5.41, 5.74) is 0.956. The summed E-state index contributed by atoms with van der Waals surface area (Å²) in [6.45, 7) is 5.64. The highest BCUT2D eigenvalue weighted by Crippen LogP contribution is 2.31. The molecular formula is C23H40O5. The number of aliphatic hydroxyl groups excluding tert-OH is 1. The van der Waals surface area contributed by atoms with Gasteiger partial charge in [0.15, 0.2) is 0 Å². The van der Waals surface area contributed by atoms with E-state index in [-0.39, 0.29) is 0 Å². The van der Waals surface area contributed by atoms with Gasteiger partial charge in [0, 0.05) is 18.1 Å². The molecule has 0 bridgehead atoms. The fourth-order valence-electron chi connectivity index (χ4n) is 3.75. The van der Waals surface area contributed by atoms with Gasteiger partial charge in [0.25, 0.3) is 0 Å². The van der Waals surface area contributed by atoms with Crippen molar-refractivity contribution in [2.24, 2.45) is 0 Å². The SMILES string of the molecule is CCCCCCCCCCCCC(OC(C)=O)C1=C(CCCC)C(=O)OC1O. The highest BCUT2D eigenvalue weighted by atomic mass is 16.6. The molecule has 1 rings (SSSR count). The minimum atomic E-state index is -1.29. The molecule has 0 saturated heterocycles. The molecule has 162 valence electrons. The van der Waals surface area contributed by atoms with Crippen molar-refractivity contribution in [3.8, 4) is 0 Å². The van der Waals surface area contributed by atoms with Crippen LogP contribution in [0.5, 0.6) is 0 Å².